The topological polar surface area (TPSA) is 64.4 Å². The zero-order valence-electron chi connectivity index (χ0n) is 12.3. The third kappa shape index (κ3) is 5.01. The van der Waals surface area contributed by atoms with Crippen molar-refractivity contribution in [2.45, 2.75) is 44.8 Å². The van der Waals surface area contributed by atoms with Crippen molar-refractivity contribution in [2.75, 3.05) is 6.54 Å². The van der Waals surface area contributed by atoms with E-state index in [1.165, 1.54) is 12.1 Å². The second-order valence-corrected chi connectivity index (χ2v) is 5.75. The van der Waals surface area contributed by atoms with Gasteiger partial charge in [-0.15, -0.1) is 0 Å². The molecular formula is C16H23FN2O2. The number of halogens is 1. The summed E-state index contributed by atoms with van der Waals surface area (Å²) in [7, 11) is 0. The highest BCUT2D eigenvalue weighted by Crippen LogP contribution is 2.23. The molecule has 2 rings (SSSR count). The predicted octanol–water partition coefficient (Wildman–Crippen LogP) is 2.23. The normalized spacial score (nSPS) is 23.4. The average molecular weight is 294 g/mol. The number of nitrogens with two attached hydrogens (primary N) is 1. The summed E-state index contributed by atoms with van der Waals surface area (Å²) in [4.78, 5) is 12.1. The van der Waals surface area contributed by atoms with Crippen LogP contribution >= 0.6 is 0 Å². The highest BCUT2D eigenvalue weighted by atomic mass is 19.1. The summed E-state index contributed by atoms with van der Waals surface area (Å²) in [5.74, 6) is 0.186. The van der Waals surface area contributed by atoms with Gasteiger partial charge in [0.25, 0.3) is 0 Å². The van der Waals surface area contributed by atoms with Gasteiger partial charge in [0.05, 0.1) is 6.54 Å². The SMILES string of the molecule is CC(CNC(=O)C1CCCC(N)C1)Oc1cccc(F)c1. The van der Waals surface area contributed by atoms with Crippen molar-refractivity contribution in [3.8, 4) is 5.75 Å². The fourth-order valence-corrected chi connectivity index (χ4v) is 2.67. The van der Waals surface area contributed by atoms with Crippen molar-refractivity contribution in [3.63, 3.8) is 0 Å². The number of carbonyl (C=O) groups excluding carboxylic acids is 1. The number of benzene rings is 1. The summed E-state index contributed by atoms with van der Waals surface area (Å²) in [6.07, 6.45) is 3.45. The van der Waals surface area contributed by atoms with Crippen molar-refractivity contribution < 1.29 is 13.9 Å². The molecule has 0 spiro atoms. The van der Waals surface area contributed by atoms with Gasteiger partial charge in [0.15, 0.2) is 0 Å². The van der Waals surface area contributed by atoms with Gasteiger partial charge in [0, 0.05) is 18.0 Å². The Kier molecular flexibility index (Phi) is 5.56. The molecule has 5 heteroatoms. The Labute approximate surface area is 124 Å². The Hall–Kier alpha value is -1.62. The maximum atomic E-state index is 13.0. The lowest BCUT2D eigenvalue weighted by atomic mass is 9.85. The molecule has 0 heterocycles. The number of amides is 1. The summed E-state index contributed by atoms with van der Waals surface area (Å²) >= 11 is 0. The minimum absolute atomic E-state index is 0.00937. The number of nitrogens with one attached hydrogen (secondary N) is 1. The minimum atomic E-state index is -0.333. The average Bonchev–Trinajstić information content (AvgIpc) is 2.45. The quantitative estimate of drug-likeness (QED) is 0.875. The molecule has 0 aliphatic heterocycles. The molecule has 0 radical (unpaired) electrons. The lowest BCUT2D eigenvalue weighted by Crippen LogP contribution is -2.41. The predicted molar refractivity (Wildman–Crippen MR) is 79.4 cm³/mol. The van der Waals surface area contributed by atoms with Gasteiger partial charge in [0.1, 0.15) is 17.7 Å². The summed E-state index contributed by atoms with van der Waals surface area (Å²) in [5, 5.41) is 2.89. The minimum Gasteiger partial charge on any atom is -0.489 e. The third-order valence-corrected chi connectivity index (χ3v) is 3.78. The van der Waals surface area contributed by atoms with Crippen molar-refractivity contribution >= 4 is 5.91 Å². The first kappa shape index (κ1) is 15.8. The molecule has 1 amide bonds. The first-order chi connectivity index (χ1) is 10.0. The number of rotatable bonds is 5. The molecule has 0 aromatic heterocycles. The summed E-state index contributed by atoms with van der Waals surface area (Å²) in [6.45, 7) is 2.25. The summed E-state index contributed by atoms with van der Waals surface area (Å²) < 4.78 is 18.6. The largest absolute Gasteiger partial charge is 0.489 e. The zero-order valence-corrected chi connectivity index (χ0v) is 12.3. The van der Waals surface area contributed by atoms with E-state index in [4.69, 9.17) is 10.5 Å². The first-order valence-corrected chi connectivity index (χ1v) is 7.50. The number of ether oxygens (including phenoxy) is 1. The van der Waals surface area contributed by atoms with Gasteiger partial charge < -0.3 is 15.8 Å². The van der Waals surface area contributed by atoms with Gasteiger partial charge in [-0.25, -0.2) is 4.39 Å². The first-order valence-electron chi connectivity index (χ1n) is 7.50. The van der Waals surface area contributed by atoms with E-state index in [0.717, 1.165) is 25.7 Å². The van der Waals surface area contributed by atoms with E-state index in [0.29, 0.717) is 12.3 Å². The van der Waals surface area contributed by atoms with Crippen molar-refractivity contribution in [1.29, 1.82) is 0 Å². The van der Waals surface area contributed by atoms with Crippen LogP contribution in [-0.4, -0.2) is 24.6 Å². The fourth-order valence-electron chi connectivity index (χ4n) is 2.67. The number of hydrogen-bond donors (Lipinski definition) is 2. The van der Waals surface area contributed by atoms with E-state index in [9.17, 15) is 9.18 Å². The van der Waals surface area contributed by atoms with Crippen LogP contribution < -0.4 is 15.8 Å². The number of carbonyl (C=O) groups is 1. The molecule has 0 bridgehead atoms. The van der Waals surface area contributed by atoms with Gasteiger partial charge in [-0.3, -0.25) is 4.79 Å². The molecule has 1 aliphatic carbocycles. The van der Waals surface area contributed by atoms with Crippen LogP contribution in [0.3, 0.4) is 0 Å². The van der Waals surface area contributed by atoms with Crippen LogP contribution in [0.4, 0.5) is 4.39 Å². The number of hydrogen-bond acceptors (Lipinski definition) is 3. The maximum absolute atomic E-state index is 13.0. The van der Waals surface area contributed by atoms with Crippen LogP contribution in [0.15, 0.2) is 24.3 Å². The standard InChI is InChI=1S/C16H23FN2O2/c1-11(21-15-7-3-5-13(17)9-15)10-19-16(20)12-4-2-6-14(18)8-12/h3,5,7,9,11-12,14H,2,4,6,8,10,18H2,1H3,(H,19,20). The Balaban J connectivity index is 1.75. The van der Waals surface area contributed by atoms with E-state index < -0.39 is 0 Å². The molecule has 3 atom stereocenters. The van der Waals surface area contributed by atoms with Crippen LogP contribution in [0.5, 0.6) is 5.75 Å². The molecule has 3 unspecified atom stereocenters. The van der Waals surface area contributed by atoms with E-state index in [1.54, 1.807) is 12.1 Å². The Morgan fingerprint density at radius 2 is 2.33 bits per heavy atom. The van der Waals surface area contributed by atoms with E-state index in [2.05, 4.69) is 5.32 Å². The van der Waals surface area contributed by atoms with Crippen LogP contribution in [0.1, 0.15) is 32.6 Å². The molecule has 1 aromatic rings. The molecule has 0 saturated heterocycles. The lowest BCUT2D eigenvalue weighted by molar-refractivity contribution is -0.126. The highest BCUT2D eigenvalue weighted by molar-refractivity contribution is 5.78. The van der Waals surface area contributed by atoms with E-state index in [1.807, 2.05) is 6.92 Å². The monoisotopic (exact) mass is 294 g/mol. The molecular weight excluding hydrogens is 271 g/mol. The van der Waals surface area contributed by atoms with Crippen molar-refractivity contribution in [1.82, 2.24) is 5.32 Å². The summed E-state index contributed by atoms with van der Waals surface area (Å²) in [5.41, 5.74) is 5.90. The van der Waals surface area contributed by atoms with Gasteiger partial charge in [0.2, 0.25) is 5.91 Å². The third-order valence-electron chi connectivity index (χ3n) is 3.78. The van der Waals surface area contributed by atoms with Gasteiger partial charge in [-0.2, -0.15) is 0 Å². The molecule has 4 nitrogen and oxygen atoms in total. The maximum Gasteiger partial charge on any atom is 0.223 e. The van der Waals surface area contributed by atoms with Crippen molar-refractivity contribution in [2.24, 2.45) is 11.7 Å². The Morgan fingerprint density at radius 3 is 3.05 bits per heavy atom. The van der Waals surface area contributed by atoms with Gasteiger partial charge >= 0.3 is 0 Å². The van der Waals surface area contributed by atoms with E-state index in [-0.39, 0.29) is 29.8 Å². The van der Waals surface area contributed by atoms with Crippen molar-refractivity contribution in [3.05, 3.63) is 30.1 Å². The molecule has 21 heavy (non-hydrogen) atoms. The Morgan fingerprint density at radius 1 is 1.52 bits per heavy atom. The van der Waals surface area contributed by atoms with E-state index >= 15 is 0 Å². The van der Waals surface area contributed by atoms with Gasteiger partial charge in [-0.1, -0.05) is 12.5 Å². The smallest absolute Gasteiger partial charge is 0.223 e. The van der Waals surface area contributed by atoms with Gasteiger partial charge in [-0.05, 0) is 38.3 Å². The molecule has 1 saturated carbocycles. The molecule has 1 aromatic carbocycles. The van der Waals surface area contributed by atoms with Crippen LogP contribution in [0.25, 0.3) is 0 Å². The molecule has 3 N–H and O–H groups in total. The second-order valence-electron chi connectivity index (χ2n) is 5.75. The fraction of sp³-hybridized carbons (Fsp3) is 0.562. The highest BCUT2D eigenvalue weighted by Gasteiger charge is 2.25. The lowest BCUT2D eigenvalue weighted by Gasteiger charge is -2.26. The van der Waals surface area contributed by atoms with Crippen LogP contribution in [0, 0.1) is 11.7 Å². The van der Waals surface area contributed by atoms with Crippen LogP contribution in [-0.2, 0) is 4.79 Å². The molecule has 1 fully saturated rings. The Bertz CT molecular complexity index is 481. The molecule has 116 valence electrons. The summed E-state index contributed by atoms with van der Waals surface area (Å²) in [6, 6.07) is 6.13. The van der Waals surface area contributed by atoms with Crippen LogP contribution in [0.2, 0.25) is 0 Å². The second kappa shape index (κ2) is 7.41. The molecule has 1 aliphatic rings. The zero-order chi connectivity index (χ0) is 15.2.